The molecule has 0 aliphatic carbocycles. The average Bonchev–Trinajstić information content (AvgIpc) is 3.52. The number of hydrogen-bond acceptors (Lipinski definition) is 9. The number of tetrazole rings is 1. The molecule has 5 heterocycles. The van der Waals surface area contributed by atoms with Crippen molar-refractivity contribution in [2.75, 3.05) is 26.2 Å². The summed E-state index contributed by atoms with van der Waals surface area (Å²) in [6.07, 6.45) is 6.08. The van der Waals surface area contributed by atoms with Crippen LogP contribution in [0, 0.1) is 5.41 Å². The van der Waals surface area contributed by atoms with Crippen LogP contribution in [0.3, 0.4) is 0 Å². The van der Waals surface area contributed by atoms with E-state index in [9.17, 15) is 14.7 Å². The van der Waals surface area contributed by atoms with Gasteiger partial charge in [0.2, 0.25) is 5.91 Å². The van der Waals surface area contributed by atoms with Gasteiger partial charge in [-0.3, -0.25) is 4.79 Å². The Balaban J connectivity index is 1.19. The van der Waals surface area contributed by atoms with Crippen molar-refractivity contribution in [2.45, 2.75) is 38.3 Å². The summed E-state index contributed by atoms with van der Waals surface area (Å²) in [5, 5.41) is 21.7. The van der Waals surface area contributed by atoms with Crippen LogP contribution in [0.5, 0.6) is 0 Å². The molecule has 1 spiro atoms. The molecule has 1 unspecified atom stereocenters. The lowest BCUT2D eigenvalue weighted by Gasteiger charge is -2.38. The molecular formula is C21H25N7O4. The first-order chi connectivity index (χ1) is 15.4. The van der Waals surface area contributed by atoms with E-state index in [0.29, 0.717) is 18.1 Å². The minimum absolute atomic E-state index is 0.0464. The largest absolute Gasteiger partial charge is 0.456 e. The van der Waals surface area contributed by atoms with Crippen LogP contribution < -0.4 is 0 Å². The molecule has 2 atom stereocenters. The third kappa shape index (κ3) is 3.67. The Morgan fingerprint density at radius 3 is 2.72 bits per heavy atom. The number of hydrogen-bond donors (Lipinski definition) is 1. The van der Waals surface area contributed by atoms with Crippen LogP contribution in [0.25, 0.3) is 5.82 Å². The monoisotopic (exact) mass is 439 g/mol. The topological polar surface area (TPSA) is 127 Å². The standard InChI is InChI=1S/C21H25N7O4/c1-14-9-21(20(31)28(14)16-8-19(30)32-12-16)4-6-26(7-5-21)11-17(29)15-2-3-18(22-10-15)27-13-23-24-25-27/h2-3,8,10,13-14,17,29H,4-7,9,11-12H2,1H3/t14-,17?/m1/s1. The normalized spacial score (nSPS) is 24.1. The number of aromatic nitrogens is 5. The molecule has 0 bridgehead atoms. The molecule has 0 saturated carbocycles. The second-order valence-corrected chi connectivity index (χ2v) is 8.77. The fraction of sp³-hybridized carbons (Fsp3) is 0.524. The van der Waals surface area contributed by atoms with Gasteiger partial charge >= 0.3 is 5.97 Å². The maximum atomic E-state index is 13.3. The van der Waals surface area contributed by atoms with Crippen molar-refractivity contribution in [3.8, 4) is 5.82 Å². The highest BCUT2D eigenvalue weighted by Gasteiger charge is 2.52. The van der Waals surface area contributed by atoms with Gasteiger partial charge in [-0.1, -0.05) is 6.07 Å². The molecule has 32 heavy (non-hydrogen) atoms. The number of aliphatic hydroxyl groups excluding tert-OH is 1. The van der Waals surface area contributed by atoms with E-state index in [0.717, 1.165) is 37.9 Å². The average molecular weight is 439 g/mol. The van der Waals surface area contributed by atoms with Crippen LogP contribution in [0.4, 0.5) is 0 Å². The van der Waals surface area contributed by atoms with Crippen LogP contribution in [-0.2, 0) is 14.3 Å². The molecule has 168 valence electrons. The zero-order chi connectivity index (χ0) is 22.3. The zero-order valence-corrected chi connectivity index (χ0v) is 17.8. The molecule has 3 aliphatic heterocycles. The predicted octanol–water partition coefficient (Wildman–Crippen LogP) is 0.234. The van der Waals surface area contributed by atoms with Crippen molar-refractivity contribution in [3.05, 3.63) is 42.0 Å². The van der Waals surface area contributed by atoms with Crippen LogP contribution in [0.1, 0.15) is 37.9 Å². The number of likely N-dealkylation sites (tertiary alicyclic amines) is 2. The number of carbonyl (C=O) groups excluding carboxylic acids is 2. The van der Waals surface area contributed by atoms with Crippen LogP contribution >= 0.6 is 0 Å². The van der Waals surface area contributed by atoms with Gasteiger partial charge in [0.25, 0.3) is 0 Å². The van der Waals surface area contributed by atoms with Gasteiger partial charge in [-0.15, -0.1) is 5.10 Å². The van der Waals surface area contributed by atoms with E-state index in [1.165, 1.54) is 17.1 Å². The highest BCUT2D eigenvalue weighted by molar-refractivity contribution is 5.91. The van der Waals surface area contributed by atoms with Gasteiger partial charge in [-0.25, -0.2) is 9.78 Å². The van der Waals surface area contributed by atoms with Crippen LogP contribution in [0.2, 0.25) is 0 Å². The van der Waals surface area contributed by atoms with Gasteiger partial charge in [0, 0.05) is 30.4 Å². The number of esters is 1. The number of nitrogens with zero attached hydrogens (tertiary/aromatic N) is 7. The van der Waals surface area contributed by atoms with Gasteiger partial charge < -0.3 is 19.6 Å². The molecule has 1 N–H and O–H groups in total. The summed E-state index contributed by atoms with van der Waals surface area (Å²) in [5.74, 6) is 0.288. The molecular weight excluding hydrogens is 414 g/mol. The number of carbonyl (C=O) groups is 2. The van der Waals surface area contributed by atoms with Gasteiger partial charge in [-0.2, -0.15) is 4.68 Å². The van der Waals surface area contributed by atoms with Crippen molar-refractivity contribution in [3.63, 3.8) is 0 Å². The highest BCUT2D eigenvalue weighted by Crippen LogP contribution is 2.46. The molecule has 0 radical (unpaired) electrons. The van der Waals surface area contributed by atoms with Gasteiger partial charge in [-0.05, 0) is 55.8 Å². The Bertz CT molecular complexity index is 1030. The minimum Gasteiger partial charge on any atom is -0.456 e. The number of pyridine rings is 1. The molecule has 2 aromatic rings. The van der Waals surface area contributed by atoms with E-state index >= 15 is 0 Å². The molecule has 2 saturated heterocycles. The van der Waals surface area contributed by atoms with E-state index in [1.54, 1.807) is 17.2 Å². The Morgan fingerprint density at radius 1 is 1.28 bits per heavy atom. The molecule has 2 aromatic heterocycles. The quantitative estimate of drug-likeness (QED) is 0.652. The predicted molar refractivity (Wildman–Crippen MR) is 110 cm³/mol. The molecule has 1 amide bonds. The van der Waals surface area contributed by atoms with E-state index in [1.807, 2.05) is 13.0 Å². The van der Waals surface area contributed by atoms with Crippen molar-refractivity contribution in [2.24, 2.45) is 5.41 Å². The number of cyclic esters (lactones) is 1. The first-order valence-electron chi connectivity index (χ1n) is 10.8. The molecule has 0 aromatic carbocycles. The van der Waals surface area contributed by atoms with Crippen LogP contribution in [0.15, 0.2) is 36.4 Å². The molecule has 2 fully saturated rings. The lowest BCUT2D eigenvalue weighted by atomic mass is 9.76. The van der Waals surface area contributed by atoms with Crippen molar-refractivity contribution in [1.82, 2.24) is 35.0 Å². The number of β-amino-alcohol motifs (C(OH)–C–C–N with tert-alkyl or cyclic N) is 1. The SMILES string of the molecule is C[C@@H]1CC2(CCN(CC(O)c3ccc(-n4cnnn4)nc3)CC2)C(=O)N1C1=CC(=O)OC1. The molecule has 3 aliphatic rings. The zero-order valence-electron chi connectivity index (χ0n) is 17.8. The summed E-state index contributed by atoms with van der Waals surface area (Å²) < 4.78 is 6.46. The Kier molecular flexibility index (Phi) is 5.22. The highest BCUT2D eigenvalue weighted by atomic mass is 16.5. The summed E-state index contributed by atoms with van der Waals surface area (Å²) in [6.45, 7) is 4.13. The van der Waals surface area contributed by atoms with Crippen LogP contribution in [-0.4, -0.2) is 84.3 Å². The first-order valence-corrected chi connectivity index (χ1v) is 10.8. The Labute approximate surface area is 184 Å². The van der Waals surface area contributed by atoms with E-state index in [4.69, 9.17) is 4.74 Å². The second-order valence-electron chi connectivity index (χ2n) is 8.77. The fourth-order valence-corrected chi connectivity index (χ4v) is 5.04. The Hall–Kier alpha value is -3.18. The lowest BCUT2D eigenvalue weighted by molar-refractivity contribution is -0.139. The first kappa shape index (κ1) is 20.7. The van der Waals surface area contributed by atoms with E-state index < -0.39 is 11.5 Å². The van der Waals surface area contributed by atoms with E-state index in [2.05, 4.69) is 25.4 Å². The summed E-state index contributed by atoms with van der Waals surface area (Å²) >= 11 is 0. The number of aliphatic hydroxyl groups is 1. The number of rotatable bonds is 5. The molecule has 5 rings (SSSR count). The summed E-state index contributed by atoms with van der Waals surface area (Å²) in [6, 6.07) is 3.63. The number of ether oxygens (including phenoxy) is 1. The fourth-order valence-electron chi connectivity index (χ4n) is 5.04. The maximum absolute atomic E-state index is 13.3. The summed E-state index contributed by atoms with van der Waals surface area (Å²) in [7, 11) is 0. The Morgan fingerprint density at radius 2 is 2.09 bits per heavy atom. The second kappa shape index (κ2) is 8.06. The summed E-state index contributed by atoms with van der Waals surface area (Å²) in [4.78, 5) is 33.0. The maximum Gasteiger partial charge on any atom is 0.333 e. The van der Waals surface area contributed by atoms with E-state index in [-0.39, 0.29) is 24.5 Å². The van der Waals surface area contributed by atoms with Gasteiger partial charge in [0.15, 0.2) is 5.82 Å². The smallest absolute Gasteiger partial charge is 0.333 e. The van der Waals surface area contributed by atoms with Crippen molar-refractivity contribution < 1.29 is 19.4 Å². The lowest BCUT2D eigenvalue weighted by Crippen LogP contribution is -2.45. The van der Waals surface area contributed by atoms with Crippen molar-refractivity contribution >= 4 is 11.9 Å². The van der Waals surface area contributed by atoms with Crippen molar-refractivity contribution in [1.29, 1.82) is 0 Å². The van der Waals surface area contributed by atoms with Gasteiger partial charge in [0.05, 0.1) is 17.2 Å². The number of amides is 1. The van der Waals surface area contributed by atoms with Gasteiger partial charge in [0.1, 0.15) is 12.9 Å². The number of piperidine rings is 1. The molecule has 11 heteroatoms. The third-order valence-electron chi connectivity index (χ3n) is 6.74. The minimum atomic E-state index is -0.680. The third-order valence-corrected chi connectivity index (χ3v) is 6.74. The molecule has 11 nitrogen and oxygen atoms in total. The summed E-state index contributed by atoms with van der Waals surface area (Å²) in [5.41, 5.74) is 0.985.